The molecule has 0 aliphatic heterocycles. The third-order valence-corrected chi connectivity index (χ3v) is 2.56. The van der Waals surface area contributed by atoms with E-state index in [-0.39, 0.29) is 6.03 Å². The van der Waals surface area contributed by atoms with Gasteiger partial charge in [0.1, 0.15) is 5.75 Å². The van der Waals surface area contributed by atoms with Crippen LogP contribution in [0.25, 0.3) is 0 Å². The van der Waals surface area contributed by atoms with Crippen LogP contribution in [-0.4, -0.2) is 19.2 Å². The minimum atomic E-state index is -0.252. The Morgan fingerprint density at radius 1 is 1.42 bits per heavy atom. The van der Waals surface area contributed by atoms with Crippen LogP contribution in [0.5, 0.6) is 5.75 Å². The average Bonchev–Trinajstić information content (AvgIpc) is 2.35. The summed E-state index contributed by atoms with van der Waals surface area (Å²) < 4.78 is 5.57. The summed E-state index contributed by atoms with van der Waals surface area (Å²) in [6.07, 6.45) is 0.904. The Morgan fingerprint density at radius 2 is 2.16 bits per heavy atom. The fraction of sp³-hybridized carbons (Fsp3) is 0.500. The number of urea groups is 1. The van der Waals surface area contributed by atoms with E-state index in [9.17, 15) is 4.79 Å². The highest BCUT2D eigenvalue weighted by Crippen LogP contribution is 2.28. The summed E-state index contributed by atoms with van der Waals surface area (Å²) in [5.74, 6) is 1.03. The van der Waals surface area contributed by atoms with E-state index >= 15 is 0 Å². The number of benzene rings is 1. The Bertz CT molecular complexity index is 422. The molecule has 4 nitrogen and oxygen atoms in total. The van der Waals surface area contributed by atoms with Crippen LogP contribution in [0.3, 0.4) is 0 Å². The van der Waals surface area contributed by atoms with Crippen molar-refractivity contribution >= 4 is 23.3 Å². The molecule has 0 aliphatic carbocycles. The van der Waals surface area contributed by atoms with Crippen molar-refractivity contribution in [1.29, 1.82) is 0 Å². The largest absolute Gasteiger partial charge is 0.491 e. The van der Waals surface area contributed by atoms with Gasteiger partial charge in [-0.05, 0) is 30.5 Å². The van der Waals surface area contributed by atoms with Crippen LogP contribution in [0.1, 0.15) is 27.2 Å². The maximum absolute atomic E-state index is 11.7. The summed E-state index contributed by atoms with van der Waals surface area (Å²) in [6, 6.07) is 4.93. The highest BCUT2D eigenvalue weighted by molar-refractivity contribution is 6.31. The van der Waals surface area contributed by atoms with Crippen LogP contribution in [-0.2, 0) is 0 Å². The quantitative estimate of drug-likeness (QED) is 0.832. The van der Waals surface area contributed by atoms with Crippen LogP contribution in [0, 0.1) is 5.92 Å². The van der Waals surface area contributed by atoms with Gasteiger partial charge in [-0.1, -0.05) is 32.4 Å². The molecule has 0 radical (unpaired) electrons. The monoisotopic (exact) mass is 284 g/mol. The predicted octanol–water partition coefficient (Wildman–Crippen LogP) is 3.91. The zero-order valence-electron chi connectivity index (χ0n) is 11.6. The van der Waals surface area contributed by atoms with Crippen molar-refractivity contribution in [2.45, 2.75) is 27.2 Å². The first-order valence-corrected chi connectivity index (χ1v) is 6.88. The number of amides is 2. The molecule has 2 amide bonds. The zero-order chi connectivity index (χ0) is 14.3. The standard InChI is InChI=1S/C14H21ClN2O2/c1-4-7-19-13-6-5-11(15)8-12(13)17-14(18)16-9-10(2)3/h5-6,8,10H,4,7,9H2,1-3H3,(H2,16,17,18). The maximum Gasteiger partial charge on any atom is 0.319 e. The van der Waals surface area contributed by atoms with E-state index in [1.165, 1.54) is 0 Å². The molecule has 0 aliphatic rings. The lowest BCUT2D eigenvalue weighted by Crippen LogP contribution is -2.31. The Balaban J connectivity index is 2.69. The number of hydrogen-bond acceptors (Lipinski definition) is 2. The van der Waals surface area contributed by atoms with Crippen molar-refractivity contribution in [2.75, 3.05) is 18.5 Å². The Kier molecular flexibility index (Phi) is 6.50. The van der Waals surface area contributed by atoms with E-state index in [0.717, 1.165) is 6.42 Å². The summed E-state index contributed by atoms with van der Waals surface area (Å²) in [7, 11) is 0. The summed E-state index contributed by atoms with van der Waals surface area (Å²) in [5.41, 5.74) is 0.585. The van der Waals surface area contributed by atoms with Crippen molar-refractivity contribution in [3.63, 3.8) is 0 Å². The number of hydrogen-bond donors (Lipinski definition) is 2. The Morgan fingerprint density at radius 3 is 2.79 bits per heavy atom. The molecule has 0 saturated carbocycles. The Hall–Kier alpha value is -1.42. The molecule has 1 aromatic carbocycles. The SMILES string of the molecule is CCCOc1ccc(Cl)cc1NC(=O)NCC(C)C. The summed E-state index contributed by atoms with van der Waals surface area (Å²) in [6.45, 7) is 7.32. The molecule has 1 aromatic rings. The number of carbonyl (C=O) groups excluding carboxylic acids is 1. The molecule has 5 heteroatoms. The second kappa shape index (κ2) is 7.89. The molecule has 1 rings (SSSR count). The van der Waals surface area contributed by atoms with Crippen molar-refractivity contribution in [2.24, 2.45) is 5.92 Å². The molecule has 0 saturated heterocycles. The number of halogens is 1. The lowest BCUT2D eigenvalue weighted by atomic mass is 10.2. The molecule has 19 heavy (non-hydrogen) atoms. The van der Waals surface area contributed by atoms with Gasteiger partial charge >= 0.3 is 6.03 Å². The fourth-order valence-electron chi connectivity index (χ4n) is 1.40. The van der Waals surface area contributed by atoms with Crippen molar-refractivity contribution < 1.29 is 9.53 Å². The minimum Gasteiger partial charge on any atom is -0.491 e. The van der Waals surface area contributed by atoms with Crippen molar-refractivity contribution in [3.05, 3.63) is 23.2 Å². The van der Waals surface area contributed by atoms with Gasteiger partial charge in [0.2, 0.25) is 0 Å². The number of nitrogens with one attached hydrogen (secondary N) is 2. The summed E-state index contributed by atoms with van der Waals surface area (Å²) in [4.78, 5) is 11.7. The second-order valence-electron chi connectivity index (χ2n) is 4.72. The third-order valence-electron chi connectivity index (χ3n) is 2.32. The van der Waals surface area contributed by atoms with Crippen LogP contribution >= 0.6 is 11.6 Å². The minimum absolute atomic E-state index is 0.252. The smallest absolute Gasteiger partial charge is 0.319 e. The number of ether oxygens (including phenoxy) is 1. The van der Waals surface area contributed by atoms with Gasteiger partial charge < -0.3 is 15.4 Å². The van der Waals surface area contributed by atoms with Gasteiger partial charge in [0.05, 0.1) is 12.3 Å². The van der Waals surface area contributed by atoms with Crippen LogP contribution in [0.15, 0.2) is 18.2 Å². The topological polar surface area (TPSA) is 50.4 Å². The highest BCUT2D eigenvalue weighted by Gasteiger charge is 2.09. The molecule has 0 fully saturated rings. The van der Waals surface area contributed by atoms with Crippen LogP contribution in [0.2, 0.25) is 5.02 Å². The third kappa shape index (κ3) is 5.83. The fourth-order valence-corrected chi connectivity index (χ4v) is 1.57. The van der Waals surface area contributed by atoms with Gasteiger partial charge in [0.25, 0.3) is 0 Å². The van der Waals surface area contributed by atoms with E-state index in [1.807, 2.05) is 20.8 Å². The number of anilines is 1. The summed E-state index contributed by atoms with van der Waals surface area (Å²) in [5, 5.41) is 6.10. The molecule has 0 unspecified atom stereocenters. The van der Waals surface area contributed by atoms with Crippen LogP contribution in [0.4, 0.5) is 10.5 Å². The van der Waals surface area contributed by atoms with Gasteiger partial charge in [-0.2, -0.15) is 0 Å². The molecular weight excluding hydrogens is 264 g/mol. The average molecular weight is 285 g/mol. The first kappa shape index (κ1) is 15.6. The summed E-state index contributed by atoms with van der Waals surface area (Å²) >= 11 is 5.93. The highest BCUT2D eigenvalue weighted by atomic mass is 35.5. The first-order valence-electron chi connectivity index (χ1n) is 6.50. The van der Waals surface area contributed by atoms with E-state index in [0.29, 0.717) is 35.5 Å². The Labute approximate surface area is 119 Å². The van der Waals surface area contributed by atoms with Crippen LogP contribution < -0.4 is 15.4 Å². The molecule has 106 valence electrons. The molecule has 0 atom stereocenters. The maximum atomic E-state index is 11.7. The van der Waals surface area contributed by atoms with Gasteiger partial charge in [-0.25, -0.2) is 4.79 Å². The van der Waals surface area contributed by atoms with E-state index < -0.39 is 0 Å². The van der Waals surface area contributed by atoms with Gasteiger partial charge in [0, 0.05) is 11.6 Å². The van der Waals surface area contributed by atoms with Gasteiger partial charge in [-0.3, -0.25) is 0 Å². The lowest BCUT2D eigenvalue weighted by molar-refractivity contribution is 0.250. The normalized spacial score (nSPS) is 10.4. The molecular formula is C14H21ClN2O2. The van der Waals surface area contributed by atoms with E-state index in [1.54, 1.807) is 18.2 Å². The zero-order valence-corrected chi connectivity index (χ0v) is 12.4. The van der Waals surface area contributed by atoms with Crippen molar-refractivity contribution in [1.82, 2.24) is 5.32 Å². The molecule has 0 aromatic heterocycles. The predicted molar refractivity (Wildman–Crippen MR) is 79.1 cm³/mol. The molecule has 0 bridgehead atoms. The number of rotatable bonds is 6. The first-order chi connectivity index (χ1) is 9.02. The van der Waals surface area contributed by atoms with Gasteiger partial charge in [0.15, 0.2) is 0 Å². The van der Waals surface area contributed by atoms with Gasteiger partial charge in [-0.15, -0.1) is 0 Å². The lowest BCUT2D eigenvalue weighted by Gasteiger charge is -2.14. The van der Waals surface area contributed by atoms with E-state index in [2.05, 4.69) is 10.6 Å². The second-order valence-corrected chi connectivity index (χ2v) is 5.15. The van der Waals surface area contributed by atoms with E-state index in [4.69, 9.17) is 16.3 Å². The van der Waals surface area contributed by atoms with Crippen molar-refractivity contribution in [3.8, 4) is 5.75 Å². The molecule has 2 N–H and O–H groups in total. The number of carbonyl (C=O) groups is 1. The molecule has 0 heterocycles. The molecule has 0 spiro atoms.